The van der Waals surface area contributed by atoms with E-state index in [1.807, 2.05) is 0 Å². The standard InChI is InChI=1S/B.Cl2O3/c;1-3-5-4-2. The average molecular weight is 130 g/mol. The van der Waals surface area contributed by atoms with Crippen LogP contribution in [0.15, 0.2) is 0 Å². The van der Waals surface area contributed by atoms with Crippen molar-refractivity contribution in [1.29, 1.82) is 0 Å². The Hall–Kier alpha value is 0.525. The molecule has 0 aliphatic heterocycles. The summed E-state index contributed by atoms with van der Waals surface area (Å²) < 4.78 is 6.62. The van der Waals surface area contributed by atoms with Crippen LogP contribution in [-0.2, 0) is 13.9 Å². The Balaban J connectivity index is 0. The number of rotatable bonds is 2. The Morgan fingerprint density at radius 3 is 1.33 bits per heavy atom. The molecular weight excluding hydrogens is 130 g/mol. The van der Waals surface area contributed by atoms with Crippen LogP contribution in [0.1, 0.15) is 0 Å². The topological polar surface area (TPSA) is 27.7 Å². The fourth-order valence-electron chi connectivity index (χ4n) is 0.00972. The first kappa shape index (κ1) is 9.73. The molecule has 0 spiro atoms. The Morgan fingerprint density at radius 1 is 1.00 bits per heavy atom. The summed E-state index contributed by atoms with van der Waals surface area (Å²) in [5.41, 5.74) is 0. The molecule has 0 fully saturated rings. The average Bonchev–Trinajstić information content (AvgIpc) is 1.41. The fourth-order valence-corrected chi connectivity index (χ4v) is 0.0875. The Kier molecular flexibility index (Phi) is 14.8. The van der Waals surface area contributed by atoms with E-state index in [0.717, 1.165) is 0 Å². The van der Waals surface area contributed by atoms with Crippen molar-refractivity contribution < 1.29 is 13.9 Å². The monoisotopic (exact) mass is 129 g/mol. The Bertz CT molecular complexity index is 16.3. The summed E-state index contributed by atoms with van der Waals surface area (Å²) in [4.78, 5) is 0. The van der Waals surface area contributed by atoms with E-state index in [9.17, 15) is 0 Å². The summed E-state index contributed by atoms with van der Waals surface area (Å²) in [6, 6.07) is 0. The Labute approximate surface area is 46.8 Å². The lowest BCUT2D eigenvalue weighted by atomic mass is 10.8. The van der Waals surface area contributed by atoms with Crippen LogP contribution in [-0.4, -0.2) is 8.41 Å². The van der Waals surface area contributed by atoms with Crippen LogP contribution in [0.3, 0.4) is 0 Å². The van der Waals surface area contributed by atoms with Gasteiger partial charge in [-0.05, 0) is 5.04 Å². The van der Waals surface area contributed by atoms with Crippen molar-refractivity contribution >= 4 is 32.1 Å². The molecule has 0 atom stereocenters. The van der Waals surface area contributed by atoms with Gasteiger partial charge in [0.1, 0.15) is 23.7 Å². The van der Waals surface area contributed by atoms with Gasteiger partial charge in [0.05, 0.1) is 0 Å². The fraction of sp³-hybridized carbons (Fsp3) is 0. The molecule has 0 bridgehead atoms. The van der Waals surface area contributed by atoms with E-state index in [1.165, 1.54) is 0 Å². The highest BCUT2D eigenvalue weighted by Gasteiger charge is 1.70. The van der Waals surface area contributed by atoms with Crippen LogP contribution in [0, 0.1) is 0 Å². The molecule has 3 radical (unpaired) electrons. The van der Waals surface area contributed by atoms with E-state index >= 15 is 0 Å². The van der Waals surface area contributed by atoms with Gasteiger partial charge in [0.15, 0.2) is 0 Å². The van der Waals surface area contributed by atoms with Gasteiger partial charge >= 0.3 is 0 Å². The van der Waals surface area contributed by atoms with Gasteiger partial charge in [-0.3, -0.25) is 0 Å². The van der Waals surface area contributed by atoms with E-state index in [-0.39, 0.29) is 8.41 Å². The quantitative estimate of drug-likeness (QED) is 0.314. The van der Waals surface area contributed by atoms with Gasteiger partial charge in [-0.15, -0.1) is 0 Å². The van der Waals surface area contributed by atoms with Crippen LogP contribution in [0.5, 0.6) is 0 Å². The third-order valence-corrected chi connectivity index (χ3v) is 0.154. The van der Waals surface area contributed by atoms with E-state index in [0.29, 0.717) is 0 Å². The van der Waals surface area contributed by atoms with E-state index in [2.05, 4.69) is 37.7 Å². The van der Waals surface area contributed by atoms with Gasteiger partial charge in [-0.2, -0.15) is 0 Å². The smallest absolute Gasteiger partial charge is 0.0879 e. The first-order valence-corrected chi connectivity index (χ1v) is 1.26. The van der Waals surface area contributed by atoms with Gasteiger partial charge in [-0.1, -0.05) is 8.88 Å². The third kappa shape index (κ3) is 8.82. The molecule has 0 aromatic carbocycles. The lowest BCUT2D eigenvalue weighted by Crippen LogP contribution is -1.71. The molecule has 0 aliphatic carbocycles. The van der Waals surface area contributed by atoms with Crippen LogP contribution in [0.4, 0.5) is 0 Å². The molecule has 0 rings (SSSR count). The van der Waals surface area contributed by atoms with E-state index in [4.69, 9.17) is 0 Å². The summed E-state index contributed by atoms with van der Waals surface area (Å²) >= 11 is 8.74. The molecule has 6 heteroatoms. The zero-order valence-corrected chi connectivity index (χ0v) is 4.07. The van der Waals surface area contributed by atoms with Crippen LogP contribution >= 0.6 is 23.7 Å². The Morgan fingerprint density at radius 2 is 1.33 bits per heavy atom. The molecule has 0 heterocycles. The highest BCUT2D eigenvalue weighted by atomic mass is 35.5. The molecule has 0 aromatic heterocycles. The molecular formula is BCl2O3. The van der Waals surface area contributed by atoms with Gasteiger partial charge < -0.3 is 0 Å². The minimum atomic E-state index is 0. The molecule has 0 saturated heterocycles. The van der Waals surface area contributed by atoms with E-state index < -0.39 is 0 Å². The number of hydrogen-bond donors (Lipinski definition) is 0. The van der Waals surface area contributed by atoms with Crippen molar-refractivity contribution in [2.45, 2.75) is 0 Å². The minimum Gasteiger partial charge on any atom is -0.0879 e. The molecule has 0 saturated carbocycles. The maximum atomic E-state index is 4.37. The van der Waals surface area contributed by atoms with Crippen molar-refractivity contribution in [2.75, 3.05) is 0 Å². The van der Waals surface area contributed by atoms with Crippen LogP contribution in [0.25, 0.3) is 0 Å². The first-order chi connectivity index (χ1) is 2.41. The third-order valence-electron chi connectivity index (χ3n) is 0.0514. The normalized spacial score (nSPS) is 7.00. The molecule has 0 unspecified atom stereocenters. The zero-order chi connectivity index (χ0) is 4.12. The second kappa shape index (κ2) is 9.10. The molecule has 0 aliphatic rings. The molecule has 0 aromatic rings. The maximum absolute atomic E-state index is 4.37. The lowest BCUT2D eigenvalue weighted by Gasteiger charge is -1.77. The second-order valence-electron chi connectivity index (χ2n) is 0.194. The largest absolute Gasteiger partial charge is 0.103 e. The van der Waals surface area contributed by atoms with E-state index in [1.54, 1.807) is 0 Å². The highest BCUT2D eigenvalue weighted by Crippen LogP contribution is 1.85. The summed E-state index contributed by atoms with van der Waals surface area (Å²) in [6.07, 6.45) is 0. The lowest BCUT2D eigenvalue weighted by molar-refractivity contribution is -0.411. The van der Waals surface area contributed by atoms with Gasteiger partial charge in [0.2, 0.25) is 0 Å². The minimum absolute atomic E-state index is 0. The van der Waals surface area contributed by atoms with Gasteiger partial charge in [0.25, 0.3) is 0 Å². The zero-order valence-electron chi connectivity index (χ0n) is 2.56. The molecule has 0 N–H and O–H groups in total. The van der Waals surface area contributed by atoms with Crippen molar-refractivity contribution in [3.8, 4) is 0 Å². The number of hydrogen-bond acceptors (Lipinski definition) is 3. The van der Waals surface area contributed by atoms with Crippen molar-refractivity contribution in [1.82, 2.24) is 0 Å². The molecule has 35 valence electrons. The predicted octanol–water partition coefficient (Wildman–Crippen LogP) is 0.793. The number of halogens is 2. The predicted molar refractivity (Wildman–Crippen MR) is 20.7 cm³/mol. The summed E-state index contributed by atoms with van der Waals surface area (Å²) in [5.74, 6) is 0. The molecule has 3 nitrogen and oxygen atoms in total. The van der Waals surface area contributed by atoms with Crippen LogP contribution in [0.2, 0.25) is 0 Å². The molecule has 6 heavy (non-hydrogen) atoms. The van der Waals surface area contributed by atoms with Gasteiger partial charge in [-0.25, -0.2) is 0 Å². The summed E-state index contributed by atoms with van der Waals surface area (Å²) in [5, 5.41) is 3.36. The second-order valence-corrected chi connectivity index (χ2v) is 0.446. The van der Waals surface area contributed by atoms with Gasteiger partial charge in [0, 0.05) is 8.41 Å². The summed E-state index contributed by atoms with van der Waals surface area (Å²) in [6.45, 7) is 0. The summed E-state index contributed by atoms with van der Waals surface area (Å²) in [7, 11) is 0. The maximum Gasteiger partial charge on any atom is 0.103 e. The molecule has 0 amide bonds. The highest BCUT2D eigenvalue weighted by molar-refractivity contribution is 6.07. The van der Waals surface area contributed by atoms with Crippen LogP contribution < -0.4 is 0 Å². The SMILES string of the molecule is ClOOOCl.[B]. The van der Waals surface area contributed by atoms with Crippen molar-refractivity contribution in [3.63, 3.8) is 0 Å². The van der Waals surface area contributed by atoms with Crippen molar-refractivity contribution in [2.24, 2.45) is 0 Å². The van der Waals surface area contributed by atoms with Crippen molar-refractivity contribution in [3.05, 3.63) is 0 Å². The first-order valence-electron chi connectivity index (χ1n) is 0.642.